The van der Waals surface area contributed by atoms with Crippen LogP contribution in [0.3, 0.4) is 0 Å². The van der Waals surface area contributed by atoms with Crippen LogP contribution in [0.25, 0.3) is 0 Å². The Morgan fingerprint density at radius 1 is 1.12 bits per heavy atom. The summed E-state index contributed by atoms with van der Waals surface area (Å²) in [4.78, 5) is 12.7. The Bertz CT molecular complexity index is 764. The van der Waals surface area contributed by atoms with Crippen LogP contribution in [-0.2, 0) is 6.54 Å². The highest BCUT2D eigenvalue weighted by atomic mass is 16.5. The zero-order valence-electron chi connectivity index (χ0n) is 14.3. The fourth-order valence-corrected chi connectivity index (χ4v) is 4.11. The molecule has 1 unspecified atom stereocenters. The van der Waals surface area contributed by atoms with Gasteiger partial charge in [-0.2, -0.15) is 0 Å². The molecule has 0 radical (unpaired) electrons. The number of amides is 1. The van der Waals surface area contributed by atoms with Crippen molar-refractivity contribution in [2.24, 2.45) is 5.73 Å². The Kier molecular flexibility index (Phi) is 4.22. The average Bonchev–Trinajstić information content (AvgIpc) is 3.09. The Morgan fingerprint density at radius 2 is 1.84 bits per heavy atom. The third kappa shape index (κ3) is 3.14. The Hall–Kier alpha value is -2.33. The Labute approximate surface area is 148 Å². The van der Waals surface area contributed by atoms with Crippen molar-refractivity contribution in [3.05, 3.63) is 65.2 Å². The molecule has 2 aliphatic rings. The van der Waals surface area contributed by atoms with Gasteiger partial charge in [-0.05, 0) is 49.4 Å². The molecule has 4 heteroatoms. The predicted octanol–water partition coefficient (Wildman–Crippen LogP) is 3.71. The molecule has 4 rings (SSSR count). The topological polar surface area (TPSA) is 64.4 Å². The summed E-state index contributed by atoms with van der Waals surface area (Å²) in [5.41, 5.74) is 8.28. The number of carbonyl (C=O) groups excluding carboxylic acids is 1. The van der Waals surface area contributed by atoms with Crippen molar-refractivity contribution >= 4 is 5.91 Å². The van der Waals surface area contributed by atoms with Gasteiger partial charge in [0.15, 0.2) is 0 Å². The number of para-hydroxylation sites is 1. The van der Waals surface area contributed by atoms with E-state index in [-0.39, 0.29) is 17.6 Å². The van der Waals surface area contributed by atoms with Crippen LogP contribution in [0.5, 0.6) is 5.75 Å². The number of carbonyl (C=O) groups is 1. The highest BCUT2D eigenvalue weighted by Crippen LogP contribution is 2.47. The summed E-state index contributed by atoms with van der Waals surface area (Å²) in [6.07, 6.45) is 5.38. The lowest BCUT2D eigenvalue weighted by atomic mass is 9.86. The first kappa shape index (κ1) is 16.2. The van der Waals surface area contributed by atoms with E-state index in [1.807, 2.05) is 42.5 Å². The summed E-state index contributed by atoms with van der Waals surface area (Å²) in [6, 6.07) is 15.6. The van der Waals surface area contributed by atoms with Crippen molar-refractivity contribution in [3.8, 4) is 5.75 Å². The van der Waals surface area contributed by atoms with Gasteiger partial charge in [0.1, 0.15) is 11.4 Å². The quantitative estimate of drug-likeness (QED) is 0.898. The molecule has 1 fully saturated rings. The summed E-state index contributed by atoms with van der Waals surface area (Å²) >= 11 is 0. The van der Waals surface area contributed by atoms with Crippen LogP contribution in [0.2, 0.25) is 0 Å². The molecule has 1 atom stereocenters. The van der Waals surface area contributed by atoms with Crippen molar-refractivity contribution in [3.63, 3.8) is 0 Å². The van der Waals surface area contributed by atoms with E-state index in [2.05, 4.69) is 11.4 Å². The first-order valence-electron chi connectivity index (χ1n) is 9.07. The van der Waals surface area contributed by atoms with Crippen molar-refractivity contribution in [2.45, 2.75) is 50.3 Å². The van der Waals surface area contributed by atoms with Gasteiger partial charge < -0.3 is 15.8 Å². The maximum atomic E-state index is 12.7. The molecule has 3 N–H and O–H groups in total. The predicted molar refractivity (Wildman–Crippen MR) is 97.4 cm³/mol. The molecule has 1 amide bonds. The van der Waals surface area contributed by atoms with Crippen molar-refractivity contribution in [1.29, 1.82) is 0 Å². The molecule has 4 nitrogen and oxygen atoms in total. The lowest BCUT2D eigenvalue weighted by Crippen LogP contribution is -2.43. The lowest BCUT2D eigenvalue weighted by Gasteiger charge is -2.40. The standard InChI is InChI=1S/C21H24N2O2/c22-14-15-7-9-16(10-8-15)20(24)23-18-13-21(11-3-4-12-21)25-19-6-2-1-5-17(18)19/h1-2,5-10,18H,3-4,11-14,22H2,(H,23,24). The summed E-state index contributed by atoms with van der Waals surface area (Å²) in [6.45, 7) is 0.484. The van der Waals surface area contributed by atoms with E-state index in [4.69, 9.17) is 10.5 Å². The molecule has 0 bridgehead atoms. The number of benzene rings is 2. The van der Waals surface area contributed by atoms with Gasteiger partial charge in [-0.3, -0.25) is 4.79 Å². The van der Waals surface area contributed by atoms with Crippen molar-refractivity contribution in [1.82, 2.24) is 5.32 Å². The van der Waals surface area contributed by atoms with Crippen LogP contribution in [0.4, 0.5) is 0 Å². The fourth-order valence-electron chi connectivity index (χ4n) is 4.11. The van der Waals surface area contributed by atoms with Gasteiger partial charge in [-0.15, -0.1) is 0 Å². The third-order valence-electron chi connectivity index (χ3n) is 5.47. The van der Waals surface area contributed by atoms with E-state index in [0.717, 1.165) is 36.1 Å². The van der Waals surface area contributed by atoms with Gasteiger partial charge in [-0.25, -0.2) is 0 Å². The number of nitrogens with one attached hydrogen (secondary N) is 1. The van der Waals surface area contributed by atoms with Gasteiger partial charge in [0.05, 0.1) is 6.04 Å². The summed E-state index contributed by atoms with van der Waals surface area (Å²) in [7, 11) is 0. The SMILES string of the molecule is NCc1ccc(C(=O)NC2CC3(CCCC3)Oc3ccccc32)cc1. The van der Waals surface area contributed by atoms with Crippen LogP contribution < -0.4 is 15.8 Å². The van der Waals surface area contributed by atoms with E-state index < -0.39 is 0 Å². The number of rotatable bonds is 3. The molecule has 25 heavy (non-hydrogen) atoms. The molecule has 1 heterocycles. The van der Waals surface area contributed by atoms with E-state index in [1.165, 1.54) is 12.8 Å². The van der Waals surface area contributed by atoms with Crippen LogP contribution in [0, 0.1) is 0 Å². The first-order chi connectivity index (χ1) is 12.2. The monoisotopic (exact) mass is 336 g/mol. The second-order valence-corrected chi connectivity index (χ2v) is 7.16. The maximum Gasteiger partial charge on any atom is 0.251 e. The highest BCUT2D eigenvalue weighted by molar-refractivity contribution is 5.94. The van der Waals surface area contributed by atoms with Gasteiger partial charge in [0.2, 0.25) is 0 Å². The van der Waals surface area contributed by atoms with E-state index in [1.54, 1.807) is 0 Å². The van der Waals surface area contributed by atoms with Gasteiger partial charge >= 0.3 is 0 Å². The van der Waals surface area contributed by atoms with Crippen LogP contribution >= 0.6 is 0 Å². The van der Waals surface area contributed by atoms with Gasteiger partial charge in [0, 0.05) is 24.1 Å². The number of hydrogen-bond donors (Lipinski definition) is 2. The van der Waals surface area contributed by atoms with Crippen molar-refractivity contribution < 1.29 is 9.53 Å². The molecule has 130 valence electrons. The number of hydrogen-bond acceptors (Lipinski definition) is 3. The maximum absolute atomic E-state index is 12.7. The molecule has 1 aliphatic carbocycles. The molecule has 1 saturated carbocycles. The first-order valence-corrected chi connectivity index (χ1v) is 9.07. The van der Waals surface area contributed by atoms with E-state index >= 15 is 0 Å². The van der Waals surface area contributed by atoms with E-state index in [0.29, 0.717) is 12.1 Å². The molecule has 0 aromatic heterocycles. The van der Waals surface area contributed by atoms with Crippen LogP contribution in [-0.4, -0.2) is 11.5 Å². The van der Waals surface area contributed by atoms with Crippen LogP contribution in [0.1, 0.15) is 59.6 Å². The number of nitrogens with two attached hydrogens (primary N) is 1. The summed E-state index contributed by atoms with van der Waals surface area (Å²) in [5.74, 6) is 0.873. The zero-order valence-corrected chi connectivity index (χ0v) is 14.3. The molecule has 1 aliphatic heterocycles. The Morgan fingerprint density at radius 3 is 2.56 bits per heavy atom. The van der Waals surface area contributed by atoms with Crippen molar-refractivity contribution in [2.75, 3.05) is 0 Å². The number of ether oxygens (including phenoxy) is 1. The van der Waals surface area contributed by atoms with Gasteiger partial charge in [0.25, 0.3) is 5.91 Å². The molecular formula is C21H24N2O2. The number of fused-ring (bicyclic) bond motifs is 1. The second-order valence-electron chi connectivity index (χ2n) is 7.16. The molecule has 2 aromatic rings. The molecule has 1 spiro atoms. The minimum absolute atomic E-state index is 0.00950. The lowest BCUT2D eigenvalue weighted by molar-refractivity contribution is 0.0360. The minimum atomic E-state index is -0.115. The average molecular weight is 336 g/mol. The smallest absolute Gasteiger partial charge is 0.251 e. The van der Waals surface area contributed by atoms with Gasteiger partial charge in [-0.1, -0.05) is 30.3 Å². The second kappa shape index (κ2) is 6.52. The molecule has 0 saturated heterocycles. The minimum Gasteiger partial charge on any atom is -0.487 e. The molecular weight excluding hydrogens is 312 g/mol. The Balaban J connectivity index is 1.58. The highest BCUT2D eigenvalue weighted by Gasteiger charge is 2.43. The van der Waals surface area contributed by atoms with Crippen LogP contribution in [0.15, 0.2) is 48.5 Å². The zero-order chi connectivity index (χ0) is 17.3. The summed E-state index contributed by atoms with van der Waals surface area (Å²) in [5, 5.41) is 3.23. The molecule has 2 aromatic carbocycles. The summed E-state index contributed by atoms with van der Waals surface area (Å²) < 4.78 is 6.36. The normalized spacial score (nSPS) is 20.8. The largest absolute Gasteiger partial charge is 0.487 e. The van der Waals surface area contributed by atoms with E-state index in [9.17, 15) is 4.79 Å². The fraction of sp³-hybridized carbons (Fsp3) is 0.381. The third-order valence-corrected chi connectivity index (χ3v) is 5.47.